The molecule has 6 nitrogen and oxygen atoms in total. The lowest BCUT2D eigenvalue weighted by atomic mass is 10.3. The summed E-state index contributed by atoms with van der Waals surface area (Å²) >= 11 is 0. The third kappa shape index (κ3) is 4.07. The number of pyridine rings is 1. The third-order valence-corrected chi connectivity index (χ3v) is 6.69. The summed E-state index contributed by atoms with van der Waals surface area (Å²) in [7, 11) is -3.52. The average Bonchev–Trinajstić information content (AvgIpc) is 2.54. The van der Waals surface area contributed by atoms with Crippen molar-refractivity contribution in [3.05, 3.63) is 18.3 Å². The van der Waals surface area contributed by atoms with Gasteiger partial charge in [-0.1, -0.05) is 6.92 Å². The molecule has 2 heterocycles. The smallest absolute Gasteiger partial charge is 0.245 e. The van der Waals surface area contributed by atoms with Crippen LogP contribution in [0.15, 0.2) is 23.2 Å². The Morgan fingerprint density at radius 2 is 1.67 bits per heavy atom. The number of rotatable bonds is 6. The molecule has 0 bridgehead atoms. The van der Waals surface area contributed by atoms with E-state index in [2.05, 4.69) is 21.7 Å². The van der Waals surface area contributed by atoms with Crippen molar-refractivity contribution < 1.29 is 8.42 Å². The molecule has 1 aromatic heterocycles. The van der Waals surface area contributed by atoms with Crippen LogP contribution in [-0.2, 0) is 10.0 Å². The van der Waals surface area contributed by atoms with Gasteiger partial charge in [0.15, 0.2) is 0 Å². The van der Waals surface area contributed by atoms with Gasteiger partial charge < -0.3 is 9.80 Å². The molecular weight excluding hydrogens is 324 g/mol. The van der Waals surface area contributed by atoms with Gasteiger partial charge in [-0.3, -0.25) is 0 Å². The molecule has 1 aromatic rings. The standard InChI is InChI=1S/C17H30N4O2S/c1-6-19-9-11-20(12-10-19)17-8-7-16(13-18-17)24(22,23)21(14(2)3)15(4)5/h7-8,13-15H,6,9-12H2,1-5H3. The van der Waals surface area contributed by atoms with Gasteiger partial charge in [0.05, 0.1) is 0 Å². The molecular formula is C17H30N4O2S. The number of piperazine rings is 1. The molecule has 0 atom stereocenters. The first kappa shape index (κ1) is 19.1. The van der Waals surface area contributed by atoms with Crippen molar-refractivity contribution >= 4 is 15.8 Å². The summed E-state index contributed by atoms with van der Waals surface area (Å²) in [5.41, 5.74) is 0. The fraction of sp³-hybridized carbons (Fsp3) is 0.706. The van der Waals surface area contributed by atoms with Crippen molar-refractivity contribution in [3.63, 3.8) is 0 Å². The predicted octanol–water partition coefficient (Wildman–Crippen LogP) is 2.03. The minimum atomic E-state index is -3.52. The molecule has 0 N–H and O–H groups in total. The van der Waals surface area contributed by atoms with Gasteiger partial charge >= 0.3 is 0 Å². The van der Waals surface area contributed by atoms with Crippen LogP contribution in [0.4, 0.5) is 5.82 Å². The Bertz CT molecular complexity index is 612. The van der Waals surface area contributed by atoms with E-state index in [4.69, 9.17) is 0 Å². The molecule has 2 rings (SSSR count). The molecule has 1 fully saturated rings. The van der Waals surface area contributed by atoms with Crippen molar-refractivity contribution in [1.82, 2.24) is 14.2 Å². The van der Waals surface area contributed by atoms with E-state index in [0.717, 1.165) is 38.5 Å². The number of aromatic nitrogens is 1. The van der Waals surface area contributed by atoms with Gasteiger partial charge in [-0.15, -0.1) is 0 Å². The highest BCUT2D eigenvalue weighted by Gasteiger charge is 2.30. The first-order chi connectivity index (χ1) is 11.3. The summed E-state index contributed by atoms with van der Waals surface area (Å²) in [4.78, 5) is 9.30. The van der Waals surface area contributed by atoms with E-state index >= 15 is 0 Å². The minimum absolute atomic E-state index is 0.0863. The summed E-state index contributed by atoms with van der Waals surface area (Å²) < 4.78 is 27.2. The first-order valence-corrected chi connectivity index (χ1v) is 10.2. The topological polar surface area (TPSA) is 56.8 Å². The number of anilines is 1. The highest BCUT2D eigenvalue weighted by molar-refractivity contribution is 7.89. The number of sulfonamides is 1. The fourth-order valence-corrected chi connectivity index (χ4v) is 5.06. The second-order valence-corrected chi connectivity index (χ2v) is 8.64. The second kappa shape index (κ2) is 7.80. The van der Waals surface area contributed by atoms with Crippen LogP contribution in [0, 0.1) is 0 Å². The minimum Gasteiger partial charge on any atom is -0.354 e. The van der Waals surface area contributed by atoms with E-state index < -0.39 is 10.0 Å². The highest BCUT2D eigenvalue weighted by Crippen LogP contribution is 2.22. The Balaban J connectivity index is 2.17. The number of nitrogens with zero attached hydrogens (tertiary/aromatic N) is 4. The van der Waals surface area contributed by atoms with Crippen LogP contribution in [0.5, 0.6) is 0 Å². The van der Waals surface area contributed by atoms with Crippen molar-refractivity contribution in [2.45, 2.75) is 51.6 Å². The van der Waals surface area contributed by atoms with Gasteiger partial charge in [0.25, 0.3) is 0 Å². The van der Waals surface area contributed by atoms with E-state index in [1.54, 1.807) is 6.07 Å². The molecule has 0 spiro atoms. The normalized spacial score (nSPS) is 17.2. The molecule has 0 saturated carbocycles. The molecule has 0 radical (unpaired) electrons. The zero-order valence-corrected chi connectivity index (χ0v) is 16.3. The second-order valence-electron chi connectivity index (χ2n) is 6.80. The van der Waals surface area contributed by atoms with E-state index in [-0.39, 0.29) is 17.0 Å². The largest absolute Gasteiger partial charge is 0.354 e. The van der Waals surface area contributed by atoms with Crippen molar-refractivity contribution in [1.29, 1.82) is 0 Å². The van der Waals surface area contributed by atoms with Gasteiger partial charge in [0, 0.05) is 44.5 Å². The van der Waals surface area contributed by atoms with Crippen molar-refractivity contribution in [2.75, 3.05) is 37.6 Å². The van der Waals surface area contributed by atoms with Crippen molar-refractivity contribution in [2.24, 2.45) is 0 Å². The number of hydrogen-bond acceptors (Lipinski definition) is 5. The Kier molecular flexibility index (Phi) is 6.22. The zero-order chi connectivity index (χ0) is 17.9. The fourth-order valence-electron chi connectivity index (χ4n) is 3.28. The Morgan fingerprint density at radius 3 is 2.08 bits per heavy atom. The molecule has 0 amide bonds. The molecule has 1 aliphatic heterocycles. The van der Waals surface area contributed by atoms with Gasteiger partial charge in [0.1, 0.15) is 10.7 Å². The predicted molar refractivity (Wildman–Crippen MR) is 97.9 cm³/mol. The SMILES string of the molecule is CCN1CCN(c2ccc(S(=O)(=O)N(C(C)C)C(C)C)cn2)CC1. The zero-order valence-electron chi connectivity index (χ0n) is 15.4. The Hall–Kier alpha value is -1.18. The van der Waals surface area contributed by atoms with Gasteiger partial charge in [0.2, 0.25) is 10.0 Å². The summed E-state index contributed by atoms with van der Waals surface area (Å²) in [6.07, 6.45) is 1.49. The molecule has 1 aliphatic rings. The number of likely N-dealkylation sites (N-methyl/N-ethyl adjacent to an activating group) is 1. The Morgan fingerprint density at radius 1 is 1.08 bits per heavy atom. The average molecular weight is 355 g/mol. The van der Waals surface area contributed by atoms with E-state index in [1.165, 1.54) is 10.5 Å². The van der Waals surface area contributed by atoms with Crippen LogP contribution >= 0.6 is 0 Å². The van der Waals surface area contributed by atoms with Gasteiger partial charge in [-0.2, -0.15) is 4.31 Å². The monoisotopic (exact) mass is 354 g/mol. The van der Waals surface area contributed by atoms with E-state index in [1.807, 2.05) is 33.8 Å². The molecule has 1 saturated heterocycles. The Labute approximate surface area is 146 Å². The summed E-state index contributed by atoms with van der Waals surface area (Å²) in [5.74, 6) is 0.852. The number of hydrogen-bond donors (Lipinski definition) is 0. The summed E-state index contributed by atoms with van der Waals surface area (Å²) in [5, 5.41) is 0. The maximum Gasteiger partial charge on any atom is 0.245 e. The summed E-state index contributed by atoms with van der Waals surface area (Å²) in [6.45, 7) is 14.7. The van der Waals surface area contributed by atoms with Gasteiger partial charge in [-0.05, 0) is 46.4 Å². The highest BCUT2D eigenvalue weighted by atomic mass is 32.2. The third-order valence-electron chi connectivity index (χ3n) is 4.46. The van der Waals surface area contributed by atoms with Gasteiger partial charge in [-0.25, -0.2) is 13.4 Å². The summed E-state index contributed by atoms with van der Waals surface area (Å²) in [6, 6.07) is 3.34. The first-order valence-electron chi connectivity index (χ1n) is 8.74. The molecule has 136 valence electrons. The molecule has 24 heavy (non-hydrogen) atoms. The van der Waals surface area contributed by atoms with Crippen LogP contribution in [0.2, 0.25) is 0 Å². The molecule has 7 heteroatoms. The lowest BCUT2D eigenvalue weighted by Crippen LogP contribution is -2.46. The molecule has 0 unspecified atom stereocenters. The quantitative estimate of drug-likeness (QED) is 0.782. The lowest BCUT2D eigenvalue weighted by molar-refractivity contribution is 0.270. The van der Waals surface area contributed by atoms with Crippen LogP contribution in [-0.4, -0.2) is 67.4 Å². The maximum absolute atomic E-state index is 12.9. The maximum atomic E-state index is 12.9. The van der Waals surface area contributed by atoms with Crippen LogP contribution in [0.25, 0.3) is 0 Å². The molecule has 0 aromatic carbocycles. The van der Waals surface area contributed by atoms with Crippen molar-refractivity contribution in [3.8, 4) is 0 Å². The van der Waals surface area contributed by atoms with Crippen LogP contribution < -0.4 is 4.90 Å². The van der Waals surface area contributed by atoms with Crippen LogP contribution in [0.3, 0.4) is 0 Å². The lowest BCUT2D eigenvalue weighted by Gasteiger charge is -2.35. The molecule has 0 aliphatic carbocycles. The van der Waals surface area contributed by atoms with E-state index in [9.17, 15) is 8.42 Å². The van der Waals surface area contributed by atoms with E-state index in [0.29, 0.717) is 0 Å². The van der Waals surface area contributed by atoms with Crippen LogP contribution in [0.1, 0.15) is 34.6 Å².